The second-order valence-corrected chi connectivity index (χ2v) is 11.5. The first-order chi connectivity index (χ1) is 19.5. The molecule has 0 atom stereocenters. The van der Waals surface area contributed by atoms with Crippen LogP contribution in [0.1, 0.15) is 32.0 Å². The Labute approximate surface area is 245 Å². The maximum atomic E-state index is 13.2. The molecule has 3 heterocycles. The largest absolute Gasteiger partial charge is 0.465 e. The van der Waals surface area contributed by atoms with E-state index in [0.29, 0.717) is 28.0 Å². The molecule has 3 aromatic heterocycles. The highest BCUT2D eigenvalue weighted by Crippen LogP contribution is 2.38. The minimum absolute atomic E-state index is 0.137. The van der Waals surface area contributed by atoms with Gasteiger partial charge in [0, 0.05) is 29.3 Å². The molecular weight excluding hydrogens is 562 g/mol. The van der Waals surface area contributed by atoms with Crippen LogP contribution in [0.15, 0.2) is 60.2 Å². The molecule has 12 heteroatoms. The van der Waals surface area contributed by atoms with Crippen LogP contribution in [0.2, 0.25) is 5.02 Å². The van der Waals surface area contributed by atoms with Gasteiger partial charge in [0.1, 0.15) is 29.4 Å². The fourth-order valence-corrected chi connectivity index (χ4v) is 5.36. The van der Waals surface area contributed by atoms with Crippen LogP contribution in [0.4, 0.5) is 22.1 Å². The van der Waals surface area contributed by atoms with Crippen molar-refractivity contribution < 1.29 is 14.3 Å². The lowest BCUT2D eigenvalue weighted by molar-refractivity contribution is -0.142. The van der Waals surface area contributed by atoms with Gasteiger partial charge in [0.05, 0.1) is 27.5 Å². The summed E-state index contributed by atoms with van der Waals surface area (Å²) in [7, 11) is 0. The number of anilines is 3. The summed E-state index contributed by atoms with van der Waals surface area (Å²) in [5.41, 5.74) is 10.1. The van der Waals surface area contributed by atoms with Crippen molar-refractivity contribution >= 4 is 62.5 Å². The Bertz CT molecular complexity index is 1760. The van der Waals surface area contributed by atoms with Gasteiger partial charge in [0.2, 0.25) is 0 Å². The van der Waals surface area contributed by atoms with Crippen molar-refractivity contribution in [2.75, 3.05) is 23.0 Å². The molecule has 0 saturated heterocycles. The lowest BCUT2D eigenvalue weighted by Crippen LogP contribution is -2.26. The van der Waals surface area contributed by atoms with Crippen LogP contribution in [-0.2, 0) is 14.9 Å². The maximum absolute atomic E-state index is 13.2. The number of benzene rings is 2. The zero-order chi connectivity index (χ0) is 29.3. The molecule has 0 aliphatic heterocycles. The lowest BCUT2D eigenvalue weighted by Gasteiger charge is -2.21. The summed E-state index contributed by atoms with van der Waals surface area (Å²) in [6.07, 6.45) is 1.44. The molecule has 0 unspecified atom stereocenters. The van der Waals surface area contributed by atoms with Gasteiger partial charge < -0.3 is 15.8 Å². The van der Waals surface area contributed by atoms with Gasteiger partial charge in [-0.15, -0.1) is 11.3 Å². The molecule has 41 heavy (non-hydrogen) atoms. The number of urea groups is 1. The van der Waals surface area contributed by atoms with E-state index in [1.54, 1.807) is 22.9 Å². The summed E-state index contributed by atoms with van der Waals surface area (Å²) in [6, 6.07) is 14.3. The van der Waals surface area contributed by atoms with E-state index in [1.165, 1.54) is 24.6 Å². The minimum atomic E-state index is -0.603. The van der Waals surface area contributed by atoms with Gasteiger partial charge in [0.15, 0.2) is 0 Å². The summed E-state index contributed by atoms with van der Waals surface area (Å²) in [6.45, 7) is 7.32. The number of hydrogen-bond donors (Lipinski definition) is 3. The Morgan fingerprint density at radius 1 is 1.10 bits per heavy atom. The van der Waals surface area contributed by atoms with Crippen LogP contribution < -0.4 is 16.4 Å². The number of amides is 2. The molecule has 10 nitrogen and oxygen atoms in total. The van der Waals surface area contributed by atoms with E-state index in [4.69, 9.17) is 27.2 Å². The second-order valence-electron chi connectivity index (χ2n) is 10.2. The summed E-state index contributed by atoms with van der Waals surface area (Å²) < 4.78 is 6.90. The Kier molecular flexibility index (Phi) is 7.65. The smallest absolute Gasteiger partial charge is 0.324 e. The number of rotatable bonds is 7. The van der Waals surface area contributed by atoms with Gasteiger partial charge in [0.25, 0.3) is 0 Å². The van der Waals surface area contributed by atoms with Crippen LogP contribution in [0.3, 0.4) is 0 Å². The number of ether oxygens (including phenoxy) is 1. The number of thiophene rings is 1. The third kappa shape index (κ3) is 6.01. The predicted molar refractivity (Wildman–Crippen MR) is 163 cm³/mol. The lowest BCUT2D eigenvalue weighted by atomic mass is 9.90. The van der Waals surface area contributed by atoms with Gasteiger partial charge in [-0.2, -0.15) is 5.10 Å². The number of halogens is 1. The maximum Gasteiger partial charge on any atom is 0.324 e. The number of fused-ring (bicyclic) bond motifs is 1. The first-order valence-electron chi connectivity index (χ1n) is 12.7. The number of esters is 1. The number of aromatic nitrogens is 4. The van der Waals surface area contributed by atoms with Crippen molar-refractivity contribution in [3.05, 3.63) is 76.5 Å². The fraction of sp³-hybridized carbons (Fsp3) is 0.207. The molecule has 0 radical (unpaired) electrons. The Balaban J connectivity index is 1.40. The van der Waals surface area contributed by atoms with E-state index in [2.05, 4.69) is 20.6 Å². The fourth-order valence-electron chi connectivity index (χ4n) is 4.20. The standard InChI is InChI=1S/C29H28ClN7O3S/c1-16-5-8-19(9-6-16)37-24(12-23(36-37)29(3,4)14-40-17(2)38)35-28(39)34-22-10-7-18(11-21(22)30)20-13-41-27-25(20)26(31)32-15-33-27/h5-13,15H,14H2,1-4H3,(H2,31,32,33)(H2,34,35,39). The molecule has 5 rings (SSSR count). The van der Waals surface area contributed by atoms with E-state index < -0.39 is 11.4 Å². The van der Waals surface area contributed by atoms with Gasteiger partial charge in [-0.05, 0) is 36.8 Å². The summed E-state index contributed by atoms with van der Waals surface area (Å²) >= 11 is 8.06. The molecule has 2 aromatic carbocycles. The van der Waals surface area contributed by atoms with Crippen LogP contribution in [0.5, 0.6) is 0 Å². The van der Waals surface area contributed by atoms with Crippen molar-refractivity contribution in [1.29, 1.82) is 0 Å². The molecule has 0 spiro atoms. The summed E-state index contributed by atoms with van der Waals surface area (Å²) in [5, 5.41) is 13.5. The molecule has 5 aromatic rings. The van der Waals surface area contributed by atoms with Gasteiger partial charge in [-0.3, -0.25) is 10.1 Å². The number of nitrogens with zero attached hydrogens (tertiary/aromatic N) is 4. The highest BCUT2D eigenvalue weighted by Gasteiger charge is 2.28. The zero-order valence-electron chi connectivity index (χ0n) is 22.9. The van der Waals surface area contributed by atoms with Crippen molar-refractivity contribution in [1.82, 2.24) is 19.7 Å². The third-order valence-corrected chi connectivity index (χ3v) is 7.69. The van der Waals surface area contributed by atoms with Crippen molar-refractivity contribution in [2.45, 2.75) is 33.1 Å². The first-order valence-corrected chi connectivity index (χ1v) is 13.9. The molecule has 2 amide bonds. The summed E-state index contributed by atoms with van der Waals surface area (Å²) in [5.74, 6) is 0.454. The van der Waals surface area contributed by atoms with Crippen molar-refractivity contribution in [2.24, 2.45) is 0 Å². The van der Waals surface area contributed by atoms with E-state index in [-0.39, 0.29) is 12.6 Å². The monoisotopic (exact) mass is 589 g/mol. The topological polar surface area (TPSA) is 137 Å². The average molecular weight is 590 g/mol. The van der Waals surface area contributed by atoms with E-state index >= 15 is 0 Å². The number of carbonyl (C=O) groups excluding carboxylic acids is 2. The SMILES string of the molecule is CC(=O)OCC(C)(C)c1cc(NC(=O)Nc2ccc(-c3csc4ncnc(N)c34)cc2Cl)n(-c2ccc(C)cc2)n1. The number of aryl methyl sites for hydroxylation is 1. The van der Waals surface area contributed by atoms with Gasteiger partial charge >= 0.3 is 12.0 Å². The van der Waals surface area contributed by atoms with Gasteiger partial charge in [-0.25, -0.2) is 19.4 Å². The minimum Gasteiger partial charge on any atom is -0.465 e. The normalized spacial score (nSPS) is 11.4. The van der Waals surface area contributed by atoms with E-state index in [1.807, 2.05) is 56.5 Å². The van der Waals surface area contributed by atoms with Crippen LogP contribution in [0.25, 0.3) is 27.0 Å². The quantitative estimate of drug-likeness (QED) is 0.182. The Hall–Kier alpha value is -4.48. The van der Waals surface area contributed by atoms with E-state index in [9.17, 15) is 9.59 Å². The van der Waals surface area contributed by atoms with Crippen LogP contribution in [-0.4, -0.2) is 38.4 Å². The highest BCUT2D eigenvalue weighted by atomic mass is 35.5. The Morgan fingerprint density at radius 2 is 1.85 bits per heavy atom. The third-order valence-electron chi connectivity index (χ3n) is 6.49. The molecule has 0 aliphatic carbocycles. The molecule has 210 valence electrons. The zero-order valence-corrected chi connectivity index (χ0v) is 24.4. The molecule has 0 aliphatic rings. The predicted octanol–water partition coefficient (Wildman–Crippen LogP) is 6.57. The molecule has 4 N–H and O–H groups in total. The number of nitrogen functional groups attached to an aromatic ring is 1. The highest BCUT2D eigenvalue weighted by molar-refractivity contribution is 7.17. The number of carbonyl (C=O) groups is 2. The number of nitrogens with one attached hydrogen (secondary N) is 2. The Morgan fingerprint density at radius 3 is 2.56 bits per heavy atom. The molecule has 0 bridgehead atoms. The average Bonchev–Trinajstić information content (AvgIpc) is 3.55. The van der Waals surface area contributed by atoms with Crippen molar-refractivity contribution in [3.8, 4) is 16.8 Å². The molecule has 0 fully saturated rings. The number of hydrogen-bond acceptors (Lipinski definition) is 8. The van der Waals surface area contributed by atoms with Crippen LogP contribution in [0, 0.1) is 6.92 Å². The van der Waals surface area contributed by atoms with Gasteiger partial charge in [-0.1, -0.05) is 49.2 Å². The van der Waals surface area contributed by atoms with E-state index in [0.717, 1.165) is 32.6 Å². The summed E-state index contributed by atoms with van der Waals surface area (Å²) in [4.78, 5) is 33.7. The number of nitrogens with two attached hydrogens (primary N) is 1. The van der Waals surface area contributed by atoms with Crippen molar-refractivity contribution in [3.63, 3.8) is 0 Å². The molecule has 0 saturated carbocycles. The molecular formula is C29H28ClN7O3S. The van der Waals surface area contributed by atoms with Crippen LogP contribution >= 0.6 is 22.9 Å². The first kappa shape index (κ1) is 28.1. The second kappa shape index (κ2) is 11.2.